The smallest absolute Gasteiger partial charge is 0.242 e. The van der Waals surface area contributed by atoms with E-state index in [0.29, 0.717) is 22.3 Å². The van der Waals surface area contributed by atoms with Gasteiger partial charge in [0.15, 0.2) is 0 Å². The number of likely N-dealkylation sites (N-methyl/N-ethyl adjacent to an activating group) is 1. The van der Waals surface area contributed by atoms with Gasteiger partial charge in [-0.1, -0.05) is 59.6 Å². The van der Waals surface area contributed by atoms with E-state index < -0.39 is 6.04 Å². The molecule has 1 atom stereocenters. The number of nitrogens with one attached hydrogen (secondary N) is 1. The van der Waals surface area contributed by atoms with Gasteiger partial charge < -0.3 is 10.2 Å². The molecule has 4 nitrogen and oxygen atoms in total. The molecule has 0 aliphatic carbocycles. The Balaban J connectivity index is 2.08. The van der Waals surface area contributed by atoms with Gasteiger partial charge in [0.05, 0.1) is 5.75 Å². The summed E-state index contributed by atoms with van der Waals surface area (Å²) in [5.41, 5.74) is 1.79. The van der Waals surface area contributed by atoms with E-state index in [1.165, 1.54) is 11.8 Å². The number of thioether (sulfide) groups is 1. The van der Waals surface area contributed by atoms with Crippen LogP contribution in [0, 0.1) is 0 Å². The molecule has 2 aromatic carbocycles. The summed E-state index contributed by atoms with van der Waals surface area (Å²) in [7, 11) is 0. The lowest BCUT2D eigenvalue weighted by Gasteiger charge is -2.29. The molecule has 0 aliphatic rings. The van der Waals surface area contributed by atoms with Crippen molar-refractivity contribution in [2.75, 3.05) is 12.3 Å². The van der Waals surface area contributed by atoms with Gasteiger partial charge in [-0.3, -0.25) is 9.59 Å². The van der Waals surface area contributed by atoms with Crippen molar-refractivity contribution in [3.8, 4) is 0 Å². The average molecular weight is 439 g/mol. The second-order valence-electron chi connectivity index (χ2n) is 6.27. The minimum atomic E-state index is -0.593. The summed E-state index contributed by atoms with van der Waals surface area (Å²) in [6.45, 7) is 4.38. The number of benzene rings is 2. The van der Waals surface area contributed by atoms with Crippen molar-refractivity contribution in [1.29, 1.82) is 0 Å². The number of nitrogens with zero attached hydrogens (tertiary/aromatic N) is 1. The lowest BCUT2D eigenvalue weighted by atomic mass is 10.1. The number of carbonyl (C=O) groups excluding carboxylic acids is 2. The van der Waals surface area contributed by atoms with Gasteiger partial charge in [0.25, 0.3) is 0 Å². The Morgan fingerprint density at radius 2 is 1.61 bits per heavy atom. The summed E-state index contributed by atoms with van der Waals surface area (Å²) in [6.07, 6.45) is 0. The maximum absolute atomic E-state index is 12.9. The van der Waals surface area contributed by atoms with Crippen LogP contribution in [0.15, 0.2) is 48.5 Å². The summed E-state index contributed by atoms with van der Waals surface area (Å²) in [5, 5.41) is 4.04. The van der Waals surface area contributed by atoms with Crippen molar-refractivity contribution in [2.24, 2.45) is 0 Å². The van der Waals surface area contributed by atoms with E-state index in [1.807, 2.05) is 49.4 Å². The lowest BCUT2D eigenvalue weighted by molar-refractivity contribution is -0.138. The number of carbonyl (C=O) groups is 2. The molecule has 150 valence electrons. The third-order valence-electron chi connectivity index (χ3n) is 4.26. The fourth-order valence-corrected chi connectivity index (χ4v) is 4.05. The molecule has 0 saturated heterocycles. The molecule has 0 heterocycles. The van der Waals surface area contributed by atoms with E-state index in [4.69, 9.17) is 23.2 Å². The highest BCUT2D eigenvalue weighted by Crippen LogP contribution is 2.23. The number of halogens is 2. The van der Waals surface area contributed by atoms with Crippen LogP contribution in [-0.2, 0) is 21.9 Å². The van der Waals surface area contributed by atoms with E-state index >= 15 is 0 Å². The molecule has 0 unspecified atom stereocenters. The van der Waals surface area contributed by atoms with Crippen molar-refractivity contribution in [2.45, 2.75) is 32.2 Å². The zero-order chi connectivity index (χ0) is 20.5. The minimum Gasteiger partial charge on any atom is -0.355 e. The van der Waals surface area contributed by atoms with Crippen LogP contribution in [-0.4, -0.2) is 35.1 Å². The Bertz CT molecular complexity index is 816. The van der Waals surface area contributed by atoms with Crippen molar-refractivity contribution >= 4 is 46.8 Å². The fourth-order valence-electron chi connectivity index (χ4n) is 2.66. The molecule has 28 heavy (non-hydrogen) atoms. The molecule has 0 radical (unpaired) electrons. The molecule has 0 aromatic heterocycles. The first-order valence-electron chi connectivity index (χ1n) is 9.05. The Morgan fingerprint density at radius 3 is 2.18 bits per heavy atom. The van der Waals surface area contributed by atoms with Gasteiger partial charge in [0, 0.05) is 28.9 Å². The van der Waals surface area contributed by atoms with Crippen LogP contribution in [0.4, 0.5) is 0 Å². The summed E-state index contributed by atoms with van der Waals surface area (Å²) in [6, 6.07) is 14.3. The van der Waals surface area contributed by atoms with Gasteiger partial charge in [-0.25, -0.2) is 0 Å². The summed E-state index contributed by atoms with van der Waals surface area (Å²) in [5.74, 6) is 0.579. The summed E-state index contributed by atoms with van der Waals surface area (Å²) >= 11 is 13.9. The standard InChI is InChI=1S/C21H24Cl2N2O2S/c1-3-24-21(27)15(2)25(12-16-8-4-6-10-18(16)22)20(26)14-28-13-17-9-5-7-11-19(17)23/h4-11,15H,3,12-14H2,1-2H3,(H,24,27)/t15-/m1/s1. The summed E-state index contributed by atoms with van der Waals surface area (Å²) in [4.78, 5) is 26.9. The molecule has 0 saturated carbocycles. The summed E-state index contributed by atoms with van der Waals surface area (Å²) < 4.78 is 0. The van der Waals surface area contributed by atoms with E-state index in [-0.39, 0.29) is 24.1 Å². The SMILES string of the molecule is CCNC(=O)[C@@H](C)N(Cc1ccccc1Cl)C(=O)CSCc1ccccc1Cl. The first kappa shape index (κ1) is 22.6. The second-order valence-corrected chi connectivity index (χ2v) is 8.07. The highest BCUT2D eigenvalue weighted by molar-refractivity contribution is 7.99. The largest absolute Gasteiger partial charge is 0.355 e. The van der Waals surface area contributed by atoms with Crippen molar-refractivity contribution in [1.82, 2.24) is 10.2 Å². The Kier molecular flexibility index (Phi) is 9.16. The number of rotatable bonds is 9. The van der Waals surface area contributed by atoms with Gasteiger partial charge in [-0.2, -0.15) is 0 Å². The highest BCUT2D eigenvalue weighted by atomic mass is 35.5. The Hall–Kier alpha value is -1.69. The van der Waals surface area contributed by atoms with E-state index in [1.54, 1.807) is 17.9 Å². The highest BCUT2D eigenvalue weighted by Gasteiger charge is 2.26. The molecule has 1 N–H and O–H groups in total. The quantitative estimate of drug-likeness (QED) is 0.612. The number of hydrogen-bond acceptors (Lipinski definition) is 3. The fraction of sp³-hybridized carbons (Fsp3) is 0.333. The lowest BCUT2D eigenvalue weighted by Crippen LogP contribution is -2.48. The van der Waals surface area contributed by atoms with E-state index in [2.05, 4.69) is 5.32 Å². The van der Waals surface area contributed by atoms with Crippen LogP contribution >= 0.6 is 35.0 Å². The van der Waals surface area contributed by atoms with Crippen LogP contribution in [0.3, 0.4) is 0 Å². The molecule has 0 bridgehead atoms. The monoisotopic (exact) mass is 438 g/mol. The first-order valence-corrected chi connectivity index (χ1v) is 11.0. The zero-order valence-electron chi connectivity index (χ0n) is 16.0. The molecule has 2 aromatic rings. The molecule has 0 spiro atoms. The molecular formula is C21H24Cl2N2O2S. The molecule has 2 rings (SSSR count). The maximum atomic E-state index is 12.9. The molecule has 0 aliphatic heterocycles. The van der Waals surface area contributed by atoms with Crippen LogP contribution in [0.2, 0.25) is 10.0 Å². The molecular weight excluding hydrogens is 415 g/mol. The first-order chi connectivity index (χ1) is 13.4. The third kappa shape index (κ3) is 6.43. The molecule has 0 fully saturated rings. The number of hydrogen-bond donors (Lipinski definition) is 1. The van der Waals surface area contributed by atoms with Crippen molar-refractivity contribution in [3.05, 3.63) is 69.7 Å². The zero-order valence-corrected chi connectivity index (χ0v) is 18.3. The van der Waals surface area contributed by atoms with Gasteiger partial charge in [0.1, 0.15) is 6.04 Å². The van der Waals surface area contributed by atoms with Gasteiger partial charge >= 0.3 is 0 Å². The molecule has 7 heteroatoms. The van der Waals surface area contributed by atoms with Crippen molar-refractivity contribution in [3.63, 3.8) is 0 Å². The van der Waals surface area contributed by atoms with Crippen LogP contribution < -0.4 is 5.32 Å². The van der Waals surface area contributed by atoms with Gasteiger partial charge in [-0.15, -0.1) is 11.8 Å². The van der Waals surface area contributed by atoms with Gasteiger partial charge in [0.2, 0.25) is 11.8 Å². The maximum Gasteiger partial charge on any atom is 0.242 e. The van der Waals surface area contributed by atoms with Crippen LogP contribution in [0.25, 0.3) is 0 Å². The second kappa shape index (κ2) is 11.3. The third-order valence-corrected chi connectivity index (χ3v) is 5.96. The topological polar surface area (TPSA) is 49.4 Å². The van der Waals surface area contributed by atoms with Crippen LogP contribution in [0.5, 0.6) is 0 Å². The molecule has 2 amide bonds. The average Bonchev–Trinajstić information content (AvgIpc) is 2.68. The van der Waals surface area contributed by atoms with E-state index in [9.17, 15) is 9.59 Å². The van der Waals surface area contributed by atoms with Crippen LogP contribution in [0.1, 0.15) is 25.0 Å². The van der Waals surface area contributed by atoms with E-state index in [0.717, 1.165) is 11.1 Å². The predicted molar refractivity (Wildman–Crippen MR) is 118 cm³/mol. The Labute approximate surface area is 180 Å². The predicted octanol–water partition coefficient (Wildman–Crippen LogP) is 4.78. The van der Waals surface area contributed by atoms with Crippen molar-refractivity contribution < 1.29 is 9.59 Å². The normalized spacial score (nSPS) is 11.7. The number of amides is 2. The van der Waals surface area contributed by atoms with Gasteiger partial charge in [-0.05, 0) is 37.1 Å². The minimum absolute atomic E-state index is 0.115. The Morgan fingerprint density at radius 1 is 1.04 bits per heavy atom.